The Balaban J connectivity index is 1.47. The summed E-state index contributed by atoms with van der Waals surface area (Å²) >= 11 is 0. The van der Waals surface area contributed by atoms with E-state index in [4.69, 9.17) is 9.47 Å². The molecule has 142 valence electrons. The van der Waals surface area contributed by atoms with Crippen LogP contribution in [0.5, 0.6) is 11.5 Å². The van der Waals surface area contributed by atoms with Gasteiger partial charge in [0.15, 0.2) is 11.5 Å². The molecule has 1 aliphatic rings. The molecule has 1 atom stereocenters. The third kappa shape index (κ3) is 3.93. The molecule has 0 radical (unpaired) electrons. The number of hydrogen-bond donors (Lipinski definition) is 1. The van der Waals surface area contributed by atoms with E-state index in [0.717, 1.165) is 36.8 Å². The number of methoxy groups -OCH3 is 1. The molecule has 5 nitrogen and oxygen atoms in total. The van der Waals surface area contributed by atoms with Crippen LogP contribution in [0.1, 0.15) is 36.9 Å². The second-order valence-corrected chi connectivity index (χ2v) is 7.16. The smallest absolute Gasteiger partial charge is 0.161 e. The summed E-state index contributed by atoms with van der Waals surface area (Å²) in [6.45, 7) is 5.75. The molecule has 3 heterocycles. The highest BCUT2D eigenvalue weighted by molar-refractivity contribution is 5.76. The molecular weight excluding hydrogens is 338 g/mol. The minimum absolute atomic E-state index is 0.526. The number of nitrogens with zero attached hydrogens (tertiary/aromatic N) is 2. The van der Waals surface area contributed by atoms with Crippen LogP contribution in [-0.2, 0) is 6.54 Å². The van der Waals surface area contributed by atoms with E-state index in [1.54, 1.807) is 7.11 Å². The SMILES string of the molecule is CCOc1cc(CN2CCC[C@H](c3cc4cccnc4[nH]3)C2)ccc1OC. The lowest BCUT2D eigenvalue weighted by Crippen LogP contribution is -2.34. The average Bonchev–Trinajstić information content (AvgIpc) is 3.13. The number of likely N-dealkylation sites (tertiary alicyclic amines) is 1. The first-order chi connectivity index (χ1) is 13.3. The number of hydrogen-bond acceptors (Lipinski definition) is 4. The summed E-state index contributed by atoms with van der Waals surface area (Å²) in [4.78, 5) is 10.5. The highest BCUT2D eigenvalue weighted by atomic mass is 16.5. The van der Waals surface area contributed by atoms with Crippen molar-refractivity contribution in [2.75, 3.05) is 26.8 Å². The molecule has 1 saturated heterocycles. The van der Waals surface area contributed by atoms with E-state index in [0.29, 0.717) is 12.5 Å². The zero-order valence-electron chi connectivity index (χ0n) is 16.1. The molecular formula is C22H27N3O2. The minimum Gasteiger partial charge on any atom is -0.493 e. The third-order valence-electron chi connectivity index (χ3n) is 5.29. The van der Waals surface area contributed by atoms with E-state index in [1.807, 2.05) is 25.3 Å². The van der Waals surface area contributed by atoms with E-state index in [9.17, 15) is 0 Å². The molecule has 1 fully saturated rings. The number of ether oxygens (including phenoxy) is 2. The van der Waals surface area contributed by atoms with Gasteiger partial charge in [-0.05, 0) is 62.2 Å². The van der Waals surface area contributed by atoms with Crippen molar-refractivity contribution in [3.63, 3.8) is 0 Å². The van der Waals surface area contributed by atoms with Gasteiger partial charge in [0.1, 0.15) is 5.65 Å². The normalized spacial score (nSPS) is 17.9. The van der Waals surface area contributed by atoms with E-state index < -0.39 is 0 Å². The van der Waals surface area contributed by atoms with Crippen molar-refractivity contribution < 1.29 is 9.47 Å². The fourth-order valence-electron chi connectivity index (χ4n) is 4.00. The highest BCUT2D eigenvalue weighted by Gasteiger charge is 2.23. The number of benzene rings is 1. The zero-order valence-corrected chi connectivity index (χ0v) is 16.1. The first-order valence-corrected chi connectivity index (χ1v) is 9.72. The van der Waals surface area contributed by atoms with Crippen LogP contribution in [0.15, 0.2) is 42.6 Å². The van der Waals surface area contributed by atoms with Crippen molar-refractivity contribution in [1.29, 1.82) is 0 Å². The second-order valence-electron chi connectivity index (χ2n) is 7.16. The highest BCUT2D eigenvalue weighted by Crippen LogP contribution is 2.31. The molecule has 0 spiro atoms. The van der Waals surface area contributed by atoms with Gasteiger partial charge in [0.05, 0.1) is 13.7 Å². The second kappa shape index (κ2) is 8.01. The largest absolute Gasteiger partial charge is 0.493 e. The molecule has 0 amide bonds. The topological polar surface area (TPSA) is 50.4 Å². The molecule has 1 aliphatic heterocycles. The van der Waals surface area contributed by atoms with Crippen LogP contribution >= 0.6 is 0 Å². The summed E-state index contributed by atoms with van der Waals surface area (Å²) in [5, 5.41) is 1.20. The van der Waals surface area contributed by atoms with Gasteiger partial charge in [0.2, 0.25) is 0 Å². The molecule has 2 aromatic heterocycles. The zero-order chi connectivity index (χ0) is 18.6. The number of nitrogens with one attached hydrogen (secondary N) is 1. The molecule has 0 bridgehead atoms. The fraction of sp³-hybridized carbons (Fsp3) is 0.409. The predicted molar refractivity (Wildman–Crippen MR) is 108 cm³/mol. The van der Waals surface area contributed by atoms with Crippen LogP contribution in [0.4, 0.5) is 0 Å². The Morgan fingerprint density at radius 2 is 2.15 bits per heavy atom. The molecule has 1 N–H and O–H groups in total. The average molecular weight is 365 g/mol. The maximum Gasteiger partial charge on any atom is 0.161 e. The maximum absolute atomic E-state index is 5.73. The molecule has 3 aromatic rings. The van der Waals surface area contributed by atoms with Gasteiger partial charge in [0.25, 0.3) is 0 Å². The van der Waals surface area contributed by atoms with Crippen LogP contribution in [0, 0.1) is 0 Å². The Labute approximate surface area is 160 Å². The number of pyridine rings is 1. The monoisotopic (exact) mass is 365 g/mol. The van der Waals surface area contributed by atoms with Crippen LogP contribution in [0.25, 0.3) is 11.0 Å². The van der Waals surface area contributed by atoms with Gasteiger partial charge >= 0.3 is 0 Å². The lowest BCUT2D eigenvalue weighted by atomic mass is 9.94. The molecule has 5 heteroatoms. The van der Waals surface area contributed by atoms with Crippen LogP contribution in [-0.4, -0.2) is 41.7 Å². The lowest BCUT2D eigenvalue weighted by molar-refractivity contribution is 0.198. The summed E-state index contributed by atoms with van der Waals surface area (Å²) in [5.41, 5.74) is 3.55. The standard InChI is InChI=1S/C22H27N3O2/c1-3-27-21-12-16(8-9-20(21)26-2)14-25-11-5-7-18(15-25)19-13-17-6-4-10-23-22(17)24-19/h4,6,8-10,12-13,18H,3,5,7,11,14-15H2,1-2H3,(H,23,24)/t18-/m0/s1. The minimum atomic E-state index is 0.526. The lowest BCUT2D eigenvalue weighted by Gasteiger charge is -2.32. The van der Waals surface area contributed by atoms with E-state index >= 15 is 0 Å². The number of aromatic nitrogens is 2. The summed E-state index contributed by atoms with van der Waals surface area (Å²) in [6, 6.07) is 12.6. The van der Waals surface area contributed by atoms with Crippen molar-refractivity contribution in [2.45, 2.75) is 32.2 Å². The fourth-order valence-corrected chi connectivity index (χ4v) is 4.00. The summed E-state index contributed by atoms with van der Waals surface area (Å²) in [6.07, 6.45) is 4.27. The molecule has 0 aliphatic carbocycles. The van der Waals surface area contributed by atoms with Crippen molar-refractivity contribution >= 4 is 11.0 Å². The number of piperidine rings is 1. The Morgan fingerprint density at radius 3 is 2.96 bits per heavy atom. The van der Waals surface area contributed by atoms with E-state index in [1.165, 1.54) is 29.5 Å². The van der Waals surface area contributed by atoms with Crippen LogP contribution < -0.4 is 9.47 Å². The van der Waals surface area contributed by atoms with Gasteiger partial charge in [0, 0.05) is 36.3 Å². The molecule has 27 heavy (non-hydrogen) atoms. The van der Waals surface area contributed by atoms with E-state index in [-0.39, 0.29) is 0 Å². The van der Waals surface area contributed by atoms with Crippen LogP contribution in [0.2, 0.25) is 0 Å². The first kappa shape index (κ1) is 17.9. The van der Waals surface area contributed by atoms with Gasteiger partial charge in [-0.2, -0.15) is 0 Å². The number of rotatable bonds is 6. The summed E-state index contributed by atoms with van der Waals surface area (Å²) < 4.78 is 11.1. The maximum atomic E-state index is 5.73. The van der Waals surface area contributed by atoms with Crippen molar-refractivity contribution in [3.05, 3.63) is 53.9 Å². The van der Waals surface area contributed by atoms with Gasteiger partial charge in [-0.3, -0.25) is 4.90 Å². The summed E-state index contributed by atoms with van der Waals surface area (Å²) in [7, 11) is 1.68. The molecule has 0 unspecified atom stereocenters. The van der Waals surface area contributed by atoms with E-state index in [2.05, 4.69) is 39.1 Å². The molecule has 4 rings (SSSR count). The molecule has 1 aromatic carbocycles. The first-order valence-electron chi connectivity index (χ1n) is 9.72. The Morgan fingerprint density at radius 1 is 1.22 bits per heavy atom. The number of fused-ring (bicyclic) bond motifs is 1. The van der Waals surface area contributed by atoms with Gasteiger partial charge in [-0.15, -0.1) is 0 Å². The number of H-pyrrole nitrogens is 1. The molecule has 0 saturated carbocycles. The third-order valence-corrected chi connectivity index (χ3v) is 5.29. The van der Waals surface area contributed by atoms with Crippen molar-refractivity contribution in [1.82, 2.24) is 14.9 Å². The van der Waals surface area contributed by atoms with Gasteiger partial charge in [-0.1, -0.05) is 6.07 Å². The van der Waals surface area contributed by atoms with Crippen LogP contribution in [0.3, 0.4) is 0 Å². The number of aromatic amines is 1. The Hall–Kier alpha value is -2.53. The quantitative estimate of drug-likeness (QED) is 0.706. The van der Waals surface area contributed by atoms with Gasteiger partial charge in [-0.25, -0.2) is 4.98 Å². The van der Waals surface area contributed by atoms with Crippen molar-refractivity contribution in [2.24, 2.45) is 0 Å². The van der Waals surface area contributed by atoms with Crippen molar-refractivity contribution in [3.8, 4) is 11.5 Å². The summed E-state index contributed by atoms with van der Waals surface area (Å²) in [5.74, 6) is 2.15. The van der Waals surface area contributed by atoms with Gasteiger partial charge < -0.3 is 14.5 Å². The Kier molecular flexibility index (Phi) is 5.30. The Bertz CT molecular complexity index is 872. The predicted octanol–water partition coefficient (Wildman–Crippen LogP) is 4.35.